The van der Waals surface area contributed by atoms with Crippen LogP contribution in [0.1, 0.15) is 25.8 Å². The van der Waals surface area contributed by atoms with Crippen LogP contribution >= 0.6 is 0 Å². The van der Waals surface area contributed by atoms with Crippen molar-refractivity contribution in [2.24, 2.45) is 5.92 Å². The number of carbonyl (C=O) groups excluding carboxylic acids is 2. The number of nitrogens with zero attached hydrogens (tertiary/aromatic N) is 1. The Bertz CT molecular complexity index is 687. The lowest BCUT2D eigenvalue weighted by Gasteiger charge is -2.23. The Balaban J connectivity index is 2.96. The van der Waals surface area contributed by atoms with E-state index in [0.717, 1.165) is 0 Å². The lowest BCUT2D eigenvalue weighted by Crippen LogP contribution is -2.54. The van der Waals surface area contributed by atoms with Crippen molar-refractivity contribution in [1.29, 1.82) is 5.26 Å². The molecule has 3 atom stereocenters. The lowest BCUT2D eigenvalue weighted by molar-refractivity contribution is -0.143. The van der Waals surface area contributed by atoms with Crippen LogP contribution in [0.15, 0.2) is 24.3 Å². The van der Waals surface area contributed by atoms with Crippen LogP contribution in [0.25, 0.3) is 0 Å². The highest BCUT2D eigenvalue weighted by molar-refractivity contribution is 5.90. The van der Waals surface area contributed by atoms with Gasteiger partial charge in [0.2, 0.25) is 11.8 Å². The first-order valence-electron chi connectivity index (χ1n) is 7.66. The molecule has 2 amide bonds. The molecule has 7 nitrogen and oxygen atoms in total. The van der Waals surface area contributed by atoms with Gasteiger partial charge in [0.15, 0.2) is 0 Å². The van der Waals surface area contributed by atoms with E-state index in [9.17, 15) is 23.9 Å². The number of rotatable bonds is 8. The van der Waals surface area contributed by atoms with Gasteiger partial charge in [0, 0.05) is 25.7 Å². The van der Waals surface area contributed by atoms with Crippen molar-refractivity contribution in [3.63, 3.8) is 0 Å². The molecule has 0 saturated carbocycles. The van der Waals surface area contributed by atoms with Gasteiger partial charge in [0.05, 0.1) is 6.07 Å². The van der Waals surface area contributed by atoms with Crippen LogP contribution in [-0.4, -0.2) is 35.0 Å². The number of carboxylic acids is 1. The third-order valence-electron chi connectivity index (χ3n) is 3.62. The first-order chi connectivity index (χ1) is 11.8. The molecule has 134 valence electrons. The molecule has 0 bridgehead atoms. The zero-order chi connectivity index (χ0) is 19.0. The van der Waals surface area contributed by atoms with Gasteiger partial charge in [0.25, 0.3) is 0 Å². The van der Waals surface area contributed by atoms with Crippen LogP contribution in [0.3, 0.4) is 0 Å². The Labute approximate surface area is 144 Å². The second-order valence-corrected chi connectivity index (χ2v) is 5.71. The molecule has 25 heavy (non-hydrogen) atoms. The number of aliphatic carboxylic acids is 1. The molecule has 1 rings (SSSR count). The highest BCUT2D eigenvalue weighted by Crippen LogP contribution is 2.12. The highest BCUT2D eigenvalue weighted by atomic mass is 19.1. The minimum Gasteiger partial charge on any atom is -0.480 e. The number of carbonyl (C=O) groups is 3. The van der Waals surface area contributed by atoms with Gasteiger partial charge in [-0.1, -0.05) is 25.1 Å². The van der Waals surface area contributed by atoms with Crippen molar-refractivity contribution in [2.75, 3.05) is 0 Å². The first kappa shape index (κ1) is 20.1. The van der Waals surface area contributed by atoms with E-state index in [1.54, 1.807) is 6.07 Å². The zero-order valence-corrected chi connectivity index (χ0v) is 14.0. The van der Waals surface area contributed by atoms with Crippen molar-refractivity contribution >= 4 is 17.8 Å². The largest absolute Gasteiger partial charge is 0.480 e. The molecule has 0 aliphatic rings. The molecule has 3 N–H and O–H groups in total. The van der Waals surface area contributed by atoms with Crippen molar-refractivity contribution in [2.45, 2.75) is 38.8 Å². The summed E-state index contributed by atoms with van der Waals surface area (Å²) in [5, 5.41) is 22.7. The summed E-state index contributed by atoms with van der Waals surface area (Å²) in [4.78, 5) is 35.1. The molecular weight excluding hydrogens is 329 g/mol. The SMILES string of the molecule is CC(=O)N[C@H](Cc1ccccc1F)C(=O)N[C@@H](C(=O)O)[C@H](C)CC#N. The van der Waals surface area contributed by atoms with Crippen LogP contribution in [0.5, 0.6) is 0 Å². The topological polar surface area (TPSA) is 119 Å². The van der Waals surface area contributed by atoms with Crippen molar-refractivity contribution in [3.05, 3.63) is 35.6 Å². The number of halogens is 1. The van der Waals surface area contributed by atoms with Crippen LogP contribution < -0.4 is 10.6 Å². The van der Waals surface area contributed by atoms with Crippen LogP contribution in [0.2, 0.25) is 0 Å². The summed E-state index contributed by atoms with van der Waals surface area (Å²) in [6.45, 7) is 2.72. The molecule has 8 heteroatoms. The van der Waals surface area contributed by atoms with Crippen molar-refractivity contribution in [3.8, 4) is 6.07 Å². The van der Waals surface area contributed by atoms with E-state index in [0.29, 0.717) is 0 Å². The fourth-order valence-electron chi connectivity index (χ4n) is 2.30. The second-order valence-electron chi connectivity index (χ2n) is 5.71. The van der Waals surface area contributed by atoms with E-state index >= 15 is 0 Å². The summed E-state index contributed by atoms with van der Waals surface area (Å²) in [5.74, 6) is -3.70. The molecule has 0 saturated heterocycles. The lowest BCUT2D eigenvalue weighted by atomic mass is 9.97. The summed E-state index contributed by atoms with van der Waals surface area (Å²) >= 11 is 0. The molecule has 0 fully saturated rings. The fraction of sp³-hybridized carbons (Fsp3) is 0.412. The maximum absolute atomic E-state index is 13.8. The molecule has 0 unspecified atom stereocenters. The Kier molecular flexibility index (Phi) is 7.53. The molecule has 0 spiro atoms. The van der Waals surface area contributed by atoms with E-state index in [1.807, 2.05) is 6.07 Å². The van der Waals surface area contributed by atoms with Gasteiger partial charge >= 0.3 is 5.97 Å². The number of amides is 2. The van der Waals surface area contributed by atoms with Crippen LogP contribution in [0.4, 0.5) is 4.39 Å². The summed E-state index contributed by atoms with van der Waals surface area (Å²) in [6, 6.07) is 5.22. The Morgan fingerprint density at radius 1 is 1.28 bits per heavy atom. The maximum atomic E-state index is 13.8. The van der Waals surface area contributed by atoms with Gasteiger partial charge in [-0.25, -0.2) is 9.18 Å². The Morgan fingerprint density at radius 2 is 1.92 bits per heavy atom. The first-order valence-corrected chi connectivity index (χ1v) is 7.66. The number of nitriles is 1. The number of benzene rings is 1. The molecule has 0 aliphatic carbocycles. The smallest absolute Gasteiger partial charge is 0.326 e. The molecule has 0 radical (unpaired) electrons. The predicted molar refractivity (Wildman–Crippen MR) is 86.7 cm³/mol. The quantitative estimate of drug-likeness (QED) is 0.647. The third kappa shape index (κ3) is 6.22. The summed E-state index contributed by atoms with van der Waals surface area (Å²) in [5.41, 5.74) is 0.216. The van der Waals surface area contributed by atoms with Crippen molar-refractivity contribution in [1.82, 2.24) is 10.6 Å². The average Bonchev–Trinajstić information content (AvgIpc) is 2.53. The molecule has 0 heterocycles. The fourth-order valence-corrected chi connectivity index (χ4v) is 2.30. The monoisotopic (exact) mass is 349 g/mol. The van der Waals surface area contributed by atoms with Gasteiger partial charge in [-0.2, -0.15) is 5.26 Å². The second kappa shape index (κ2) is 9.37. The molecular formula is C17H20FN3O4. The number of nitrogens with one attached hydrogen (secondary N) is 2. The number of hydrogen-bond acceptors (Lipinski definition) is 4. The minimum atomic E-state index is -1.29. The van der Waals surface area contributed by atoms with Crippen LogP contribution in [0, 0.1) is 23.1 Å². The predicted octanol–water partition coefficient (Wildman–Crippen LogP) is 0.992. The molecule has 1 aromatic rings. The van der Waals surface area contributed by atoms with E-state index in [1.165, 1.54) is 32.0 Å². The third-order valence-corrected chi connectivity index (χ3v) is 3.62. The molecule has 1 aromatic carbocycles. The standard InChI is InChI=1S/C17H20FN3O4/c1-10(7-8-19)15(17(24)25)21-16(23)14(20-11(2)22)9-12-5-3-4-6-13(12)18/h3-6,10,14-15H,7,9H2,1-2H3,(H,20,22)(H,21,23)(H,24,25)/t10-,14-,15-/m1/s1. The van der Waals surface area contributed by atoms with Crippen LogP contribution in [-0.2, 0) is 20.8 Å². The summed E-state index contributed by atoms with van der Waals surface area (Å²) in [7, 11) is 0. The highest BCUT2D eigenvalue weighted by Gasteiger charge is 2.30. The summed E-state index contributed by atoms with van der Waals surface area (Å²) in [6.07, 6.45) is -0.188. The molecule has 0 aromatic heterocycles. The van der Waals surface area contributed by atoms with Crippen molar-refractivity contribution < 1.29 is 23.9 Å². The Morgan fingerprint density at radius 3 is 2.44 bits per heavy atom. The van der Waals surface area contributed by atoms with E-state index < -0.39 is 41.6 Å². The van der Waals surface area contributed by atoms with E-state index in [-0.39, 0.29) is 18.4 Å². The van der Waals surface area contributed by atoms with E-state index in [4.69, 9.17) is 5.26 Å². The summed E-state index contributed by atoms with van der Waals surface area (Å²) < 4.78 is 13.8. The average molecular weight is 349 g/mol. The van der Waals surface area contributed by atoms with Gasteiger partial charge in [0.1, 0.15) is 17.9 Å². The Hall–Kier alpha value is -2.95. The van der Waals surface area contributed by atoms with Gasteiger partial charge in [-0.05, 0) is 11.6 Å². The van der Waals surface area contributed by atoms with Gasteiger partial charge < -0.3 is 15.7 Å². The van der Waals surface area contributed by atoms with Gasteiger partial charge in [-0.15, -0.1) is 0 Å². The number of carboxylic acid groups (broad SMARTS) is 1. The minimum absolute atomic E-state index is 0.0602. The normalized spacial score (nSPS) is 13.8. The maximum Gasteiger partial charge on any atom is 0.326 e. The van der Waals surface area contributed by atoms with Gasteiger partial charge in [-0.3, -0.25) is 9.59 Å². The number of hydrogen-bond donors (Lipinski definition) is 3. The molecule has 0 aliphatic heterocycles. The zero-order valence-electron chi connectivity index (χ0n) is 14.0. The van der Waals surface area contributed by atoms with E-state index in [2.05, 4.69) is 10.6 Å².